The number of hydrogen-bond acceptors (Lipinski definition) is 2. The lowest BCUT2D eigenvalue weighted by Crippen LogP contribution is -2.35. The van der Waals surface area contributed by atoms with E-state index in [2.05, 4.69) is 0 Å². The zero-order chi connectivity index (χ0) is 8.91. The predicted octanol–water partition coefficient (Wildman–Crippen LogP) is 1.56. The van der Waals surface area contributed by atoms with Crippen molar-refractivity contribution < 1.29 is 10.2 Å². The van der Waals surface area contributed by atoms with Crippen LogP contribution in [0.4, 0.5) is 0 Å². The highest BCUT2D eigenvalue weighted by Gasteiger charge is 2.28. The fourth-order valence-corrected chi connectivity index (χ4v) is 1.41. The monoisotopic (exact) mass is 160 g/mol. The molecule has 2 nitrogen and oxygen atoms in total. The first-order chi connectivity index (χ1) is 5.10. The van der Waals surface area contributed by atoms with Crippen molar-refractivity contribution in [3.8, 4) is 0 Å². The molecule has 0 bridgehead atoms. The molecule has 0 rings (SSSR count). The lowest BCUT2D eigenvalue weighted by atomic mass is 9.82. The minimum atomic E-state index is -0.567. The van der Waals surface area contributed by atoms with Crippen molar-refractivity contribution in [2.75, 3.05) is 6.61 Å². The molecule has 0 aromatic carbocycles. The molecule has 0 aromatic heterocycles. The van der Waals surface area contributed by atoms with Crippen molar-refractivity contribution in [1.82, 2.24) is 0 Å². The van der Waals surface area contributed by atoms with Gasteiger partial charge in [0, 0.05) is 6.61 Å². The van der Waals surface area contributed by atoms with Crippen molar-refractivity contribution >= 4 is 0 Å². The average molecular weight is 160 g/mol. The molecular formula is C9H20O2. The second-order valence-electron chi connectivity index (χ2n) is 3.22. The van der Waals surface area contributed by atoms with Crippen molar-refractivity contribution in [2.24, 2.45) is 5.92 Å². The van der Waals surface area contributed by atoms with Gasteiger partial charge in [-0.25, -0.2) is 0 Å². The van der Waals surface area contributed by atoms with Gasteiger partial charge in [0.2, 0.25) is 0 Å². The van der Waals surface area contributed by atoms with E-state index in [-0.39, 0.29) is 12.5 Å². The smallest absolute Gasteiger partial charge is 0.0668 e. The summed E-state index contributed by atoms with van der Waals surface area (Å²) in [6.07, 6.45) is 2.23. The minimum Gasteiger partial charge on any atom is -0.396 e. The Hall–Kier alpha value is -0.0800. The normalized spacial score (nSPS) is 15.0. The minimum absolute atomic E-state index is 0.170. The molecule has 2 heteroatoms. The summed E-state index contributed by atoms with van der Waals surface area (Å²) < 4.78 is 0. The van der Waals surface area contributed by atoms with Crippen LogP contribution in [0.5, 0.6) is 0 Å². The first kappa shape index (κ1) is 10.9. The first-order valence-corrected chi connectivity index (χ1v) is 4.44. The van der Waals surface area contributed by atoms with Gasteiger partial charge in [-0.1, -0.05) is 20.8 Å². The van der Waals surface area contributed by atoms with Gasteiger partial charge in [0.05, 0.1) is 5.60 Å². The van der Waals surface area contributed by atoms with Gasteiger partial charge in [-0.15, -0.1) is 0 Å². The van der Waals surface area contributed by atoms with Crippen molar-refractivity contribution in [1.29, 1.82) is 0 Å². The second kappa shape index (κ2) is 4.73. The van der Waals surface area contributed by atoms with Gasteiger partial charge in [-0.2, -0.15) is 0 Å². The Morgan fingerprint density at radius 2 is 1.73 bits per heavy atom. The Labute approximate surface area is 69.2 Å². The summed E-state index contributed by atoms with van der Waals surface area (Å²) in [5.41, 5.74) is -0.567. The van der Waals surface area contributed by atoms with Crippen LogP contribution < -0.4 is 0 Å². The second-order valence-corrected chi connectivity index (χ2v) is 3.22. The predicted molar refractivity (Wildman–Crippen MR) is 46.4 cm³/mol. The molecule has 0 heterocycles. The molecule has 0 spiro atoms. The molecular weight excluding hydrogens is 140 g/mol. The Morgan fingerprint density at radius 3 is 2.00 bits per heavy atom. The topological polar surface area (TPSA) is 40.5 Å². The molecule has 0 radical (unpaired) electrons. The molecule has 0 aromatic rings. The molecule has 2 N–H and O–H groups in total. The van der Waals surface area contributed by atoms with Gasteiger partial charge in [-0.3, -0.25) is 0 Å². The molecule has 0 amide bonds. The fourth-order valence-electron chi connectivity index (χ4n) is 1.41. The van der Waals surface area contributed by atoms with Gasteiger partial charge in [0.1, 0.15) is 0 Å². The summed E-state index contributed by atoms with van der Waals surface area (Å²) in [5.74, 6) is 0.197. The Morgan fingerprint density at radius 1 is 1.27 bits per heavy atom. The van der Waals surface area contributed by atoms with Gasteiger partial charge < -0.3 is 10.2 Å². The van der Waals surface area contributed by atoms with Crippen LogP contribution in [-0.4, -0.2) is 22.4 Å². The molecule has 0 fully saturated rings. The van der Waals surface area contributed by atoms with Crippen LogP contribution in [0.2, 0.25) is 0 Å². The van der Waals surface area contributed by atoms with Gasteiger partial charge >= 0.3 is 0 Å². The van der Waals surface area contributed by atoms with E-state index in [1.807, 2.05) is 20.8 Å². The van der Waals surface area contributed by atoms with E-state index in [9.17, 15) is 5.11 Å². The van der Waals surface area contributed by atoms with Crippen molar-refractivity contribution in [3.63, 3.8) is 0 Å². The standard InChI is InChI=1S/C9H20O2/c1-4-9(11,5-2)8(3)6-7-10/h8,10-11H,4-7H2,1-3H3. The van der Waals surface area contributed by atoms with Crippen LogP contribution >= 0.6 is 0 Å². The summed E-state index contributed by atoms with van der Waals surface area (Å²) in [5, 5.41) is 18.6. The van der Waals surface area contributed by atoms with Gasteiger partial charge in [-0.05, 0) is 25.2 Å². The SMILES string of the molecule is CCC(O)(CC)C(C)CCO. The van der Waals surface area contributed by atoms with Gasteiger partial charge in [0.25, 0.3) is 0 Å². The molecule has 11 heavy (non-hydrogen) atoms. The number of aliphatic hydroxyl groups is 2. The third-order valence-corrected chi connectivity index (χ3v) is 2.70. The maximum Gasteiger partial charge on any atom is 0.0668 e. The Kier molecular flexibility index (Phi) is 4.69. The highest BCUT2D eigenvalue weighted by atomic mass is 16.3. The maximum absolute atomic E-state index is 9.92. The zero-order valence-corrected chi connectivity index (χ0v) is 7.80. The van der Waals surface area contributed by atoms with Crippen LogP contribution in [0.15, 0.2) is 0 Å². The highest BCUT2D eigenvalue weighted by molar-refractivity contribution is 4.80. The Balaban J connectivity index is 4.00. The highest BCUT2D eigenvalue weighted by Crippen LogP contribution is 2.26. The summed E-state index contributed by atoms with van der Waals surface area (Å²) in [7, 11) is 0. The van der Waals surface area contributed by atoms with Crippen LogP contribution in [-0.2, 0) is 0 Å². The van der Waals surface area contributed by atoms with Crippen LogP contribution in [0.1, 0.15) is 40.0 Å². The Bertz CT molecular complexity index is 97.7. The molecule has 0 aliphatic heterocycles. The summed E-state index contributed by atoms with van der Waals surface area (Å²) >= 11 is 0. The lowest BCUT2D eigenvalue weighted by molar-refractivity contribution is -0.0269. The number of rotatable bonds is 5. The first-order valence-electron chi connectivity index (χ1n) is 4.44. The maximum atomic E-state index is 9.92. The molecule has 1 atom stereocenters. The van der Waals surface area contributed by atoms with Gasteiger partial charge in [0.15, 0.2) is 0 Å². The van der Waals surface area contributed by atoms with E-state index >= 15 is 0 Å². The quantitative estimate of drug-likeness (QED) is 0.640. The van der Waals surface area contributed by atoms with Crippen molar-refractivity contribution in [3.05, 3.63) is 0 Å². The number of hydrogen-bond donors (Lipinski definition) is 2. The molecule has 0 saturated carbocycles. The zero-order valence-electron chi connectivity index (χ0n) is 7.80. The third-order valence-electron chi connectivity index (χ3n) is 2.70. The fraction of sp³-hybridized carbons (Fsp3) is 1.00. The number of aliphatic hydroxyl groups excluding tert-OH is 1. The van der Waals surface area contributed by atoms with E-state index in [1.165, 1.54) is 0 Å². The third kappa shape index (κ3) is 2.80. The van der Waals surface area contributed by atoms with Crippen LogP contribution in [0.3, 0.4) is 0 Å². The molecule has 1 unspecified atom stereocenters. The molecule has 0 saturated heterocycles. The van der Waals surface area contributed by atoms with E-state index in [4.69, 9.17) is 5.11 Å². The molecule has 68 valence electrons. The van der Waals surface area contributed by atoms with Crippen LogP contribution in [0, 0.1) is 5.92 Å². The average Bonchev–Trinajstić information content (AvgIpc) is 2.03. The lowest BCUT2D eigenvalue weighted by Gasteiger charge is -2.31. The molecule has 0 aliphatic carbocycles. The summed E-state index contributed by atoms with van der Waals surface area (Å²) in [6.45, 7) is 6.13. The van der Waals surface area contributed by atoms with E-state index in [1.54, 1.807) is 0 Å². The van der Waals surface area contributed by atoms with Crippen molar-refractivity contribution in [2.45, 2.75) is 45.6 Å². The van der Waals surface area contributed by atoms with E-state index in [0.29, 0.717) is 6.42 Å². The summed E-state index contributed by atoms with van der Waals surface area (Å²) in [6, 6.07) is 0. The van der Waals surface area contributed by atoms with Crippen LogP contribution in [0.25, 0.3) is 0 Å². The largest absolute Gasteiger partial charge is 0.396 e. The van der Waals surface area contributed by atoms with E-state index < -0.39 is 5.60 Å². The summed E-state index contributed by atoms with van der Waals surface area (Å²) in [4.78, 5) is 0. The molecule has 0 aliphatic rings. The van der Waals surface area contributed by atoms with E-state index in [0.717, 1.165) is 12.8 Å².